The van der Waals surface area contributed by atoms with Gasteiger partial charge in [-0.15, -0.1) is 0 Å². The first kappa shape index (κ1) is 13.9. The van der Waals surface area contributed by atoms with E-state index >= 15 is 0 Å². The first-order valence-corrected chi connectivity index (χ1v) is 6.05. The second-order valence-electron chi connectivity index (χ2n) is 4.56. The van der Waals surface area contributed by atoms with Crippen LogP contribution in [0.15, 0.2) is 0 Å². The molecule has 0 aromatic rings. The first-order valence-electron chi connectivity index (χ1n) is 6.05. The molecule has 5 nitrogen and oxygen atoms in total. The molecule has 1 heterocycles. The van der Waals surface area contributed by atoms with Crippen molar-refractivity contribution in [1.29, 1.82) is 5.26 Å². The zero-order valence-electron chi connectivity index (χ0n) is 10.8. The van der Waals surface area contributed by atoms with Crippen LogP contribution in [0.2, 0.25) is 0 Å². The maximum absolute atomic E-state index is 12.2. The van der Waals surface area contributed by atoms with E-state index in [1.54, 1.807) is 11.9 Å². The van der Waals surface area contributed by atoms with Gasteiger partial charge in [0.2, 0.25) is 5.91 Å². The Bertz CT molecular complexity index is 301. The number of carbonyl (C=O) groups is 1. The molecular weight excluding hydrogens is 218 g/mol. The molecule has 0 bridgehead atoms. The van der Waals surface area contributed by atoms with Gasteiger partial charge in [0.1, 0.15) is 0 Å². The van der Waals surface area contributed by atoms with Gasteiger partial charge in [0.05, 0.1) is 31.1 Å². The van der Waals surface area contributed by atoms with Crippen molar-refractivity contribution in [2.24, 2.45) is 11.8 Å². The van der Waals surface area contributed by atoms with Gasteiger partial charge in [-0.05, 0) is 13.5 Å². The smallest absolute Gasteiger partial charge is 0.229 e. The third kappa shape index (κ3) is 3.69. The Hall–Kier alpha value is -1.12. The number of nitrogens with zero attached hydrogens (tertiary/aromatic N) is 2. The van der Waals surface area contributed by atoms with Gasteiger partial charge in [0, 0.05) is 19.6 Å². The fourth-order valence-corrected chi connectivity index (χ4v) is 2.09. The van der Waals surface area contributed by atoms with Crippen molar-refractivity contribution < 1.29 is 9.53 Å². The summed E-state index contributed by atoms with van der Waals surface area (Å²) < 4.78 is 5.35. The monoisotopic (exact) mass is 239 g/mol. The van der Waals surface area contributed by atoms with Crippen LogP contribution < -0.4 is 5.32 Å². The van der Waals surface area contributed by atoms with Crippen molar-refractivity contribution in [3.05, 3.63) is 0 Å². The number of nitriles is 1. The largest absolute Gasteiger partial charge is 0.379 e. The molecule has 5 heteroatoms. The summed E-state index contributed by atoms with van der Waals surface area (Å²) in [4.78, 5) is 13.8. The molecule has 3 unspecified atom stereocenters. The summed E-state index contributed by atoms with van der Waals surface area (Å²) in [6.45, 7) is 6.20. The molecule has 96 valence electrons. The van der Waals surface area contributed by atoms with E-state index in [9.17, 15) is 4.79 Å². The van der Waals surface area contributed by atoms with Crippen molar-refractivity contribution in [3.8, 4) is 6.07 Å². The van der Waals surface area contributed by atoms with Crippen LogP contribution in [-0.2, 0) is 9.53 Å². The molecule has 0 aromatic heterocycles. The van der Waals surface area contributed by atoms with Gasteiger partial charge in [0.25, 0.3) is 0 Å². The molecule has 0 aromatic carbocycles. The number of ether oxygens (including phenoxy) is 1. The van der Waals surface area contributed by atoms with E-state index in [1.165, 1.54) is 0 Å². The third-order valence-corrected chi connectivity index (χ3v) is 3.01. The Morgan fingerprint density at radius 3 is 2.94 bits per heavy atom. The highest BCUT2D eigenvalue weighted by Crippen LogP contribution is 2.16. The zero-order valence-corrected chi connectivity index (χ0v) is 10.8. The molecule has 1 saturated heterocycles. The fraction of sp³-hybridized carbons (Fsp3) is 0.833. The summed E-state index contributed by atoms with van der Waals surface area (Å²) in [5, 5.41) is 12.0. The summed E-state index contributed by atoms with van der Waals surface area (Å²) in [6, 6.07) is 2.24. The lowest BCUT2D eigenvalue weighted by molar-refractivity contribution is -0.135. The lowest BCUT2D eigenvalue weighted by atomic mass is 10.0. The van der Waals surface area contributed by atoms with Crippen LogP contribution in [0.4, 0.5) is 0 Å². The number of nitrogens with one attached hydrogen (secondary N) is 1. The molecular formula is C12H21N3O2. The Morgan fingerprint density at radius 1 is 1.65 bits per heavy atom. The van der Waals surface area contributed by atoms with Gasteiger partial charge >= 0.3 is 0 Å². The normalized spacial score (nSPS) is 25.3. The molecule has 1 rings (SSSR count). The van der Waals surface area contributed by atoms with Crippen molar-refractivity contribution in [2.45, 2.75) is 19.9 Å². The maximum Gasteiger partial charge on any atom is 0.229 e. The number of carbonyl (C=O) groups excluding carboxylic acids is 1. The lowest BCUT2D eigenvalue weighted by Crippen LogP contribution is -2.45. The lowest BCUT2D eigenvalue weighted by Gasteiger charge is -2.24. The zero-order chi connectivity index (χ0) is 12.8. The number of hydrogen-bond donors (Lipinski definition) is 1. The first-order chi connectivity index (χ1) is 8.10. The minimum atomic E-state index is -0.135. The number of hydrogen-bond acceptors (Lipinski definition) is 4. The quantitative estimate of drug-likeness (QED) is 0.746. The van der Waals surface area contributed by atoms with E-state index in [1.807, 2.05) is 13.8 Å². The van der Waals surface area contributed by atoms with Crippen molar-refractivity contribution in [1.82, 2.24) is 10.2 Å². The Balaban J connectivity index is 2.53. The van der Waals surface area contributed by atoms with E-state index in [4.69, 9.17) is 10.00 Å². The van der Waals surface area contributed by atoms with E-state index in [0.717, 1.165) is 6.54 Å². The molecule has 1 amide bonds. The predicted molar refractivity (Wildman–Crippen MR) is 64.2 cm³/mol. The minimum absolute atomic E-state index is 0.0653. The van der Waals surface area contributed by atoms with Crippen LogP contribution in [0.1, 0.15) is 13.8 Å². The highest BCUT2D eigenvalue weighted by Gasteiger charge is 2.35. The van der Waals surface area contributed by atoms with E-state index in [-0.39, 0.29) is 23.8 Å². The Morgan fingerprint density at radius 2 is 2.35 bits per heavy atom. The molecule has 0 radical (unpaired) electrons. The average molecular weight is 239 g/mol. The van der Waals surface area contributed by atoms with Gasteiger partial charge < -0.3 is 15.0 Å². The Kier molecular flexibility index (Phi) is 5.39. The molecule has 1 aliphatic rings. The van der Waals surface area contributed by atoms with Crippen LogP contribution in [0.5, 0.6) is 0 Å². The van der Waals surface area contributed by atoms with Gasteiger partial charge in [-0.1, -0.05) is 6.92 Å². The average Bonchev–Trinajstić information content (AvgIpc) is 2.76. The van der Waals surface area contributed by atoms with Gasteiger partial charge in [-0.2, -0.15) is 5.26 Å². The molecule has 1 aliphatic heterocycles. The molecule has 1 N–H and O–H groups in total. The predicted octanol–water partition coefficient (Wildman–Crippen LogP) is 0.229. The Labute approximate surface area is 103 Å². The van der Waals surface area contributed by atoms with E-state index in [2.05, 4.69) is 11.4 Å². The molecule has 17 heavy (non-hydrogen) atoms. The highest BCUT2D eigenvalue weighted by atomic mass is 16.5. The van der Waals surface area contributed by atoms with Gasteiger partial charge in [-0.25, -0.2) is 0 Å². The summed E-state index contributed by atoms with van der Waals surface area (Å²) in [7, 11) is 1.75. The second-order valence-corrected chi connectivity index (χ2v) is 4.56. The van der Waals surface area contributed by atoms with Crippen LogP contribution in [0, 0.1) is 23.2 Å². The highest BCUT2D eigenvalue weighted by molar-refractivity contribution is 5.79. The third-order valence-electron chi connectivity index (χ3n) is 3.01. The van der Waals surface area contributed by atoms with Gasteiger partial charge in [0.15, 0.2) is 0 Å². The number of amides is 1. The number of rotatable bonds is 5. The van der Waals surface area contributed by atoms with E-state index < -0.39 is 0 Å². The molecule has 0 saturated carbocycles. The van der Waals surface area contributed by atoms with Crippen LogP contribution in [-0.4, -0.2) is 50.2 Å². The molecule has 1 fully saturated rings. The minimum Gasteiger partial charge on any atom is -0.379 e. The van der Waals surface area contributed by atoms with Crippen LogP contribution in [0.3, 0.4) is 0 Å². The van der Waals surface area contributed by atoms with Crippen LogP contribution >= 0.6 is 0 Å². The summed E-state index contributed by atoms with van der Waals surface area (Å²) >= 11 is 0. The van der Waals surface area contributed by atoms with Crippen molar-refractivity contribution in [2.75, 3.05) is 33.4 Å². The maximum atomic E-state index is 12.2. The molecule has 0 aliphatic carbocycles. The van der Waals surface area contributed by atoms with Crippen molar-refractivity contribution in [3.63, 3.8) is 0 Å². The fourth-order valence-electron chi connectivity index (χ4n) is 2.09. The van der Waals surface area contributed by atoms with E-state index in [0.29, 0.717) is 19.8 Å². The van der Waals surface area contributed by atoms with Gasteiger partial charge in [-0.3, -0.25) is 4.79 Å². The summed E-state index contributed by atoms with van der Waals surface area (Å²) in [6.07, 6.45) is 0. The molecule has 3 atom stereocenters. The summed E-state index contributed by atoms with van der Waals surface area (Å²) in [5.74, 6) is -0.190. The summed E-state index contributed by atoms with van der Waals surface area (Å²) in [5.41, 5.74) is 0. The van der Waals surface area contributed by atoms with Crippen molar-refractivity contribution >= 4 is 5.91 Å². The number of likely N-dealkylation sites (N-methyl/N-ethyl adjacent to an activating group) is 1. The van der Waals surface area contributed by atoms with Crippen LogP contribution in [0.25, 0.3) is 0 Å². The topological polar surface area (TPSA) is 65.4 Å². The second kappa shape index (κ2) is 6.58. The molecule has 0 spiro atoms. The standard InChI is InChI=1S/C12H21N3O2/c1-4-14-11-8-17-7-10(11)12(16)15(3)6-9(2)5-13/h9-11,14H,4,6-8H2,1-3H3. The SMILES string of the molecule is CCNC1COCC1C(=O)N(C)CC(C)C#N.